The second-order valence-electron chi connectivity index (χ2n) is 5.69. The summed E-state index contributed by atoms with van der Waals surface area (Å²) in [6.07, 6.45) is 6.65. The van der Waals surface area contributed by atoms with Gasteiger partial charge in [-0.1, -0.05) is 40.0 Å². The van der Waals surface area contributed by atoms with Gasteiger partial charge >= 0.3 is 5.97 Å². The zero-order valence-electron chi connectivity index (χ0n) is 11.6. The largest absolute Gasteiger partial charge is 0.342 e. The minimum absolute atomic E-state index is 0.248. The van der Waals surface area contributed by atoms with Crippen LogP contribution >= 0.6 is 0 Å². The number of hydrogen-bond acceptors (Lipinski definition) is 3. The molecule has 0 aromatic heterocycles. The normalized spacial score (nSPS) is 25.6. The van der Waals surface area contributed by atoms with E-state index >= 15 is 0 Å². The highest BCUT2D eigenvalue weighted by Crippen LogP contribution is 2.62. The first-order chi connectivity index (χ1) is 8.04. The molecule has 0 amide bonds. The van der Waals surface area contributed by atoms with E-state index < -0.39 is 0 Å². The van der Waals surface area contributed by atoms with Crippen molar-refractivity contribution in [2.24, 2.45) is 17.3 Å². The molecule has 1 aliphatic rings. The van der Waals surface area contributed by atoms with Gasteiger partial charge in [0.2, 0.25) is 0 Å². The average Bonchev–Trinajstić information content (AvgIpc) is 2.78. The Morgan fingerprint density at radius 1 is 1.18 bits per heavy atom. The van der Waals surface area contributed by atoms with E-state index in [0.717, 1.165) is 12.3 Å². The van der Waals surface area contributed by atoms with Gasteiger partial charge in [0.15, 0.2) is 0 Å². The lowest BCUT2D eigenvalue weighted by Gasteiger charge is -2.02. The van der Waals surface area contributed by atoms with Crippen LogP contribution in [0.15, 0.2) is 0 Å². The Labute approximate surface area is 105 Å². The van der Waals surface area contributed by atoms with Gasteiger partial charge in [-0.2, -0.15) is 4.89 Å². The minimum atomic E-state index is -0.248. The van der Waals surface area contributed by atoms with Crippen molar-refractivity contribution in [1.29, 1.82) is 0 Å². The zero-order valence-corrected chi connectivity index (χ0v) is 11.6. The van der Waals surface area contributed by atoms with E-state index in [1.807, 2.05) is 0 Å². The Hall–Kier alpha value is -0.570. The van der Waals surface area contributed by atoms with Crippen LogP contribution in [0.2, 0.25) is 0 Å². The fraction of sp³-hybridized carbons (Fsp3) is 0.929. The van der Waals surface area contributed by atoms with Gasteiger partial charge in [-0.05, 0) is 30.1 Å². The summed E-state index contributed by atoms with van der Waals surface area (Å²) in [4.78, 5) is 20.1. The van der Waals surface area contributed by atoms with E-state index in [9.17, 15) is 4.79 Å². The molecule has 3 heteroatoms. The van der Waals surface area contributed by atoms with Crippen LogP contribution in [-0.2, 0) is 14.6 Å². The summed E-state index contributed by atoms with van der Waals surface area (Å²) in [5.74, 6) is 1.23. The Kier molecular flexibility index (Phi) is 5.44. The van der Waals surface area contributed by atoms with E-state index in [4.69, 9.17) is 0 Å². The molecule has 2 atom stereocenters. The maximum atomic E-state index is 11.2. The molecular formula is C14H26O3. The quantitative estimate of drug-likeness (QED) is 0.369. The fourth-order valence-electron chi connectivity index (χ4n) is 3.03. The summed E-state index contributed by atoms with van der Waals surface area (Å²) >= 11 is 0. The van der Waals surface area contributed by atoms with Crippen LogP contribution in [0.4, 0.5) is 0 Å². The maximum absolute atomic E-state index is 11.2. The lowest BCUT2D eigenvalue weighted by atomic mass is 10.0. The average molecular weight is 242 g/mol. The first kappa shape index (κ1) is 14.5. The monoisotopic (exact) mass is 242 g/mol. The van der Waals surface area contributed by atoms with Crippen molar-refractivity contribution in [3.8, 4) is 0 Å². The lowest BCUT2D eigenvalue weighted by Crippen LogP contribution is -2.04. The van der Waals surface area contributed by atoms with Crippen LogP contribution in [0.1, 0.15) is 59.3 Å². The third-order valence-corrected chi connectivity index (χ3v) is 4.24. The van der Waals surface area contributed by atoms with Crippen molar-refractivity contribution in [3.05, 3.63) is 0 Å². The van der Waals surface area contributed by atoms with Gasteiger partial charge in [-0.3, -0.25) is 4.89 Å². The Morgan fingerprint density at radius 2 is 1.82 bits per heavy atom. The van der Waals surface area contributed by atoms with Gasteiger partial charge in [-0.25, -0.2) is 4.79 Å². The van der Waals surface area contributed by atoms with Crippen molar-refractivity contribution in [1.82, 2.24) is 0 Å². The first-order valence-electron chi connectivity index (χ1n) is 6.77. The molecule has 2 unspecified atom stereocenters. The summed E-state index contributed by atoms with van der Waals surface area (Å²) in [6, 6.07) is 0. The lowest BCUT2D eigenvalue weighted by molar-refractivity contribution is -0.255. The SMILES string of the molecule is CCCCCC1C(CCC(=O)OOC)C1(C)C. The molecule has 0 spiro atoms. The molecule has 3 nitrogen and oxygen atoms in total. The van der Waals surface area contributed by atoms with Crippen molar-refractivity contribution in [2.45, 2.75) is 59.3 Å². The molecule has 1 aliphatic carbocycles. The Morgan fingerprint density at radius 3 is 2.41 bits per heavy atom. The molecular weight excluding hydrogens is 216 g/mol. The number of hydrogen-bond donors (Lipinski definition) is 0. The highest BCUT2D eigenvalue weighted by atomic mass is 17.2. The minimum Gasteiger partial charge on any atom is -0.299 e. The molecule has 0 saturated heterocycles. The molecule has 0 N–H and O–H groups in total. The summed E-state index contributed by atoms with van der Waals surface area (Å²) < 4.78 is 0. The van der Waals surface area contributed by atoms with Crippen molar-refractivity contribution in [3.63, 3.8) is 0 Å². The van der Waals surface area contributed by atoms with Crippen LogP contribution in [0.25, 0.3) is 0 Å². The fourth-order valence-corrected chi connectivity index (χ4v) is 3.03. The molecule has 0 heterocycles. The maximum Gasteiger partial charge on any atom is 0.342 e. The van der Waals surface area contributed by atoms with Gasteiger partial charge in [0.1, 0.15) is 0 Å². The Balaban J connectivity index is 2.23. The predicted molar refractivity (Wildman–Crippen MR) is 67.2 cm³/mol. The highest BCUT2D eigenvalue weighted by Gasteiger charge is 2.55. The topological polar surface area (TPSA) is 35.5 Å². The molecule has 100 valence electrons. The summed E-state index contributed by atoms with van der Waals surface area (Å²) in [5.41, 5.74) is 0.418. The summed E-state index contributed by atoms with van der Waals surface area (Å²) in [6.45, 7) is 6.86. The van der Waals surface area contributed by atoms with E-state index in [0.29, 0.717) is 17.8 Å². The number of rotatable bonds is 8. The van der Waals surface area contributed by atoms with Crippen LogP contribution in [-0.4, -0.2) is 13.1 Å². The van der Waals surface area contributed by atoms with Crippen LogP contribution in [0.5, 0.6) is 0 Å². The molecule has 1 fully saturated rings. The Bertz CT molecular complexity index is 248. The van der Waals surface area contributed by atoms with Crippen molar-refractivity contribution < 1.29 is 14.6 Å². The first-order valence-corrected chi connectivity index (χ1v) is 6.77. The van der Waals surface area contributed by atoms with E-state index in [1.165, 1.54) is 32.8 Å². The zero-order chi connectivity index (χ0) is 12.9. The van der Waals surface area contributed by atoms with E-state index in [2.05, 4.69) is 30.5 Å². The number of unbranched alkanes of at least 4 members (excludes halogenated alkanes) is 2. The standard InChI is InChI=1S/C14H26O3/c1-5-6-7-8-11-12(14(11,2)3)9-10-13(15)17-16-4/h11-12H,5-10H2,1-4H3. The third kappa shape index (κ3) is 3.98. The van der Waals surface area contributed by atoms with E-state index in [-0.39, 0.29) is 5.97 Å². The van der Waals surface area contributed by atoms with Crippen LogP contribution in [0, 0.1) is 17.3 Å². The predicted octanol–water partition coefficient (Wildman–Crippen LogP) is 3.72. The van der Waals surface area contributed by atoms with Crippen LogP contribution in [0.3, 0.4) is 0 Å². The second kappa shape index (κ2) is 6.39. The summed E-state index contributed by atoms with van der Waals surface area (Å²) in [5, 5.41) is 0. The smallest absolute Gasteiger partial charge is 0.299 e. The van der Waals surface area contributed by atoms with Crippen molar-refractivity contribution >= 4 is 5.97 Å². The molecule has 0 aromatic carbocycles. The van der Waals surface area contributed by atoms with Gasteiger partial charge < -0.3 is 0 Å². The third-order valence-electron chi connectivity index (χ3n) is 4.24. The van der Waals surface area contributed by atoms with Crippen LogP contribution < -0.4 is 0 Å². The number of carbonyl (C=O) groups excluding carboxylic acids is 1. The molecule has 1 rings (SSSR count). The van der Waals surface area contributed by atoms with Gasteiger partial charge in [-0.15, -0.1) is 0 Å². The van der Waals surface area contributed by atoms with E-state index in [1.54, 1.807) is 0 Å². The molecule has 0 aromatic rings. The summed E-state index contributed by atoms with van der Waals surface area (Å²) in [7, 11) is 1.37. The van der Waals surface area contributed by atoms with Gasteiger partial charge in [0.25, 0.3) is 0 Å². The highest BCUT2D eigenvalue weighted by molar-refractivity contribution is 5.68. The van der Waals surface area contributed by atoms with Gasteiger partial charge in [0, 0.05) is 6.42 Å². The molecule has 0 bridgehead atoms. The van der Waals surface area contributed by atoms with Crippen molar-refractivity contribution in [2.75, 3.05) is 7.11 Å². The second-order valence-corrected chi connectivity index (χ2v) is 5.69. The number of carbonyl (C=O) groups is 1. The molecule has 0 aliphatic heterocycles. The van der Waals surface area contributed by atoms with Gasteiger partial charge in [0.05, 0.1) is 7.11 Å². The molecule has 1 saturated carbocycles. The molecule has 0 radical (unpaired) electrons. The molecule has 17 heavy (non-hydrogen) atoms.